The summed E-state index contributed by atoms with van der Waals surface area (Å²) in [6.07, 6.45) is -0.280. The van der Waals surface area contributed by atoms with Gasteiger partial charge in [0, 0.05) is 11.7 Å². The molecule has 1 heterocycles. The van der Waals surface area contributed by atoms with Crippen LogP contribution in [0.1, 0.15) is 75.2 Å². The van der Waals surface area contributed by atoms with Gasteiger partial charge in [-0.2, -0.15) is 0 Å². The molecule has 0 aliphatic rings. The Morgan fingerprint density at radius 1 is 1.00 bits per heavy atom. The van der Waals surface area contributed by atoms with Gasteiger partial charge in [-0.1, -0.05) is 62.0 Å². The average molecular weight is 467 g/mol. The summed E-state index contributed by atoms with van der Waals surface area (Å²) in [4.78, 5) is 12.6. The highest BCUT2D eigenvalue weighted by molar-refractivity contribution is 7.99. The molecule has 6 nitrogen and oxygen atoms in total. The number of benzene rings is 2. The Morgan fingerprint density at radius 2 is 1.67 bits per heavy atom. The zero-order chi connectivity index (χ0) is 24.1. The normalized spacial score (nSPS) is 12.3. The monoisotopic (exact) mass is 466 g/mol. The molecule has 1 amide bonds. The second-order valence-corrected chi connectivity index (χ2v) is 9.80. The fourth-order valence-corrected chi connectivity index (χ4v) is 4.65. The minimum absolute atomic E-state index is 0.0626. The molecular formula is C26H34N4O2S. The van der Waals surface area contributed by atoms with E-state index in [4.69, 9.17) is 4.74 Å². The smallest absolute Gasteiger partial charge is 0.234 e. The number of anilines is 1. The Bertz CT molecular complexity index is 1090. The van der Waals surface area contributed by atoms with Gasteiger partial charge in [-0.25, -0.2) is 0 Å². The maximum atomic E-state index is 12.6. The summed E-state index contributed by atoms with van der Waals surface area (Å²) in [6.45, 7) is 14.5. The molecule has 0 fully saturated rings. The molecule has 0 spiro atoms. The van der Waals surface area contributed by atoms with E-state index < -0.39 is 0 Å². The van der Waals surface area contributed by atoms with Crippen molar-refractivity contribution in [1.29, 1.82) is 0 Å². The van der Waals surface area contributed by atoms with Gasteiger partial charge in [0.15, 0.2) is 17.1 Å². The molecule has 33 heavy (non-hydrogen) atoms. The number of ether oxygens (including phenoxy) is 1. The van der Waals surface area contributed by atoms with E-state index in [9.17, 15) is 4.79 Å². The van der Waals surface area contributed by atoms with E-state index in [2.05, 4.69) is 53.8 Å². The van der Waals surface area contributed by atoms with Crippen LogP contribution in [0.15, 0.2) is 47.6 Å². The number of hydrogen-bond donors (Lipinski definition) is 1. The molecule has 0 aliphatic heterocycles. The van der Waals surface area contributed by atoms with Gasteiger partial charge in [0.25, 0.3) is 0 Å². The molecule has 1 unspecified atom stereocenters. The van der Waals surface area contributed by atoms with Gasteiger partial charge in [0.05, 0.1) is 5.75 Å². The van der Waals surface area contributed by atoms with Crippen molar-refractivity contribution in [1.82, 2.24) is 14.8 Å². The average Bonchev–Trinajstić information content (AvgIpc) is 3.20. The predicted molar refractivity (Wildman–Crippen MR) is 135 cm³/mol. The van der Waals surface area contributed by atoms with Gasteiger partial charge in [0.1, 0.15) is 5.75 Å². The summed E-state index contributed by atoms with van der Waals surface area (Å²) < 4.78 is 8.37. The lowest BCUT2D eigenvalue weighted by Crippen LogP contribution is -2.17. The maximum absolute atomic E-state index is 12.6. The molecule has 3 aromatic rings. The van der Waals surface area contributed by atoms with E-state index in [-0.39, 0.29) is 23.8 Å². The fraction of sp³-hybridized carbons (Fsp3) is 0.423. The van der Waals surface area contributed by atoms with Crippen molar-refractivity contribution in [3.05, 3.63) is 65.0 Å². The summed E-state index contributed by atoms with van der Waals surface area (Å²) in [6, 6.07) is 14.2. The first-order valence-corrected chi connectivity index (χ1v) is 12.4. The number of hydrogen-bond acceptors (Lipinski definition) is 5. The van der Waals surface area contributed by atoms with E-state index in [1.165, 1.54) is 11.8 Å². The molecule has 3 rings (SSSR count). The standard InChI is InChI=1S/C26H34N4O2S/c1-16(2)21-13-8-9-14-22(21)32-20(7)25-28-29-26(30(25)17(3)4)33-15-23(31)27-24-18(5)11-10-12-19(24)6/h8-14,16-17,20H,15H2,1-7H3,(H,27,31). The third-order valence-electron chi connectivity index (χ3n) is 5.49. The van der Waals surface area contributed by atoms with Crippen molar-refractivity contribution in [2.75, 3.05) is 11.1 Å². The molecule has 1 atom stereocenters. The number of para-hydroxylation sites is 2. The third-order valence-corrected chi connectivity index (χ3v) is 6.44. The zero-order valence-corrected chi connectivity index (χ0v) is 21.4. The topological polar surface area (TPSA) is 69.0 Å². The summed E-state index contributed by atoms with van der Waals surface area (Å²) in [5.41, 5.74) is 4.14. The van der Waals surface area contributed by atoms with Gasteiger partial charge < -0.3 is 14.6 Å². The molecule has 0 radical (unpaired) electrons. The summed E-state index contributed by atoms with van der Waals surface area (Å²) >= 11 is 1.39. The van der Waals surface area contributed by atoms with Crippen LogP contribution in [-0.4, -0.2) is 26.4 Å². The lowest BCUT2D eigenvalue weighted by atomic mass is 10.0. The van der Waals surface area contributed by atoms with Crippen molar-refractivity contribution >= 4 is 23.4 Å². The Labute approximate surface area is 201 Å². The first kappa shape index (κ1) is 24.8. The molecule has 0 aliphatic carbocycles. The number of aryl methyl sites for hydroxylation is 2. The van der Waals surface area contributed by atoms with Crippen LogP contribution in [-0.2, 0) is 4.79 Å². The highest BCUT2D eigenvalue weighted by Gasteiger charge is 2.23. The number of carbonyl (C=O) groups excluding carboxylic acids is 1. The second-order valence-electron chi connectivity index (χ2n) is 8.86. The van der Waals surface area contributed by atoms with E-state index in [1.807, 2.05) is 57.2 Å². The maximum Gasteiger partial charge on any atom is 0.234 e. The van der Waals surface area contributed by atoms with Crippen LogP contribution >= 0.6 is 11.8 Å². The Hall–Kier alpha value is -2.80. The van der Waals surface area contributed by atoms with E-state index >= 15 is 0 Å². The molecule has 1 aromatic heterocycles. The van der Waals surface area contributed by atoms with Crippen LogP contribution in [0.2, 0.25) is 0 Å². The SMILES string of the molecule is Cc1cccc(C)c1NC(=O)CSc1nnc(C(C)Oc2ccccc2C(C)C)n1C(C)C. The van der Waals surface area contributed by atoms with Gasteiger partial charge >= 0.3 is 0 Å². The van der Waals surface area contributed by atoms with Crippen molar-refractivity contribution < 1.29 is 9.53 Å². The van der Waals surface area contributed by atoms with Gasteiger partial charge in [-0.3, -0.25) is 4.79 Å². The van der Waals surface area contributed by atoms with Crippen molar-refractivity contribution in [3.63, 3.8) is 0 Å². The number of amides is 1. The molecule has 7 heteroatoms. The number of nitrogens with zero attached hydrogens (tertiary/aromatic N) is 3. The van der Waals surface area contributed by atoms with Gasteiger partial charge in [-0.15, -0.1) is 10.2 Å². The highest BCUT2D eigenvalue weighted by Crippen LogP contribution is 2.32. The number of carbonyl (C=O) groups is 1. The van der Waals surface area contributed by atoms with Crippen molar-refractivity contribution in [3.8, 4) is 5.75 Å². The second kappa shape index (κ2) is 10.9. The van der Waals surface area contributed by atoms with Crippen LogP contribution in [0.5, 0.6) is 5.75 Å². The zero-order valence-electron chi connectivity index (χ0n) is 20.5. The summed E-state index contributed by atoms with van der Waals surface area (Å²) in [5, 5.41) is 12.6. The van der Waals surface area contributed by atoms with Crippen molar-refractivity contribution in [2.45, 2.75) is 71.7 Å². The van der Waals surface area contributed by atoms with Crippen LogP contribution < -0.4 is 10.1 Å². The number of aromatic nitrogens is 3. The van der Waals surface area contributed by atoms with Crippen LogP contribution in [0.4, 0.5) is 5.69 Å². The number of nitrogens with one attached hydrogen (secondary N) is 1. The minimum Gasteiger partial charge on any atom is -0.482 e. The molecule has 2 aromatic carbocycles. The lowest BCUT2D eigenvalue weighted by Gasteiger charge is -2.21. The number of rotatable bonds is 9. The van der Waals surface area contributed by atoms with Gasteiger partial charge in [-0.05, 0) is 63.3 Å². The van der Waals surface area contributed by atoms with Crippen LogP contribution in [0.25, 0.3) is 0 Å². The van der Waals surface area contributed by atoms with E-state index in [1.54, 1.807) is 0 Å². The molecule has 0 saturated heterocycles. The quantitative estimate of drug-likeness (QED) is 0.366. The highest BCUT2D eigenvalue weighted by atomic mass is 32.2. The Kier molecular flexibility index (Phi) is 8.19. The summed E-state index contributed by atoms with van der Waals surface area (Å²) in [7, 11) is 0. The first-order valence-electron chi connectivity index (χ1n) is 11.4. The van der Waals surface area contributed by atoms with E-state index in [0.717, 1.165) is 34.0 Å². The molecule has 1 N–H and O–H groups in total. The Morgan fingerprint density at radius 3 is 2.30 bits per heavy atom. The predicted octanol–water partition coefficient (Wildman–Crippen LogP) is 6.47. The fourth-order valence-electron chi connectivity index (χ4n) is 3.77. The van der Waals surface area contributed by atoms with E-state index in [0.29, 0.717) is 11.1 Å². The first-order chi connectivity index (χ1) is 15.7. The van der Waals surface area contributed by atoms with Crippen molar-refractivity contribution in [2.24, 2.45) is 0 Å². The van der Waals surface area contributed by atoms with Crippen LogP contribution in [0.3, 0.4) is 0 Å². The molecule has 0 saturated carbocycles. The van der Waals surface area contributed by atoms with Gasteiger partial charge in [0.2, 0.25) is 5.91 Å². The lowest BCUT2D eigenvalue weighted by molar-refractivity contribution is -0.113. The van der Waals surface area contributed by atoms with Crippen LogP contribution in [0, 0.1) is 13.8 Å². The Balaban J connectivity index is 1.74. The molecule has 0 bridgehead atoms. The summed E-state index contributed by atoms with van der Waals surface area (Å²) in [5.74, 6) is 2.16. The third kappa shape index (κ3) is 5.96. The minimum atomic E-state index is -0.280. The largest absolute Gasteiger partial charge is 0.482 e. The number of thioether (sulfide) groups is 1. The molecule has 176 valence electrons. The molecular weight excluding hydrogens is 432 g/mol.